The molecule has 1 N–H and O–H groups in total. The van der Waals surface area contributed by atoms with Gasteiger partial charge in [0.1, 0.15) is 11.6 Å². The monoisotopic (exact) mass is 267 g/mol. The molecule has 0 saturated heterocycles. The molecule has 0 amide bonds. The molecule has 5 nitrogen and oxygen atoms in total. The van der Waals surface area contributed by atoms with Gasteiger partial charge >= 0.3 is 0 Å². The smallest absolute Gasteiger partial charge is 0.287 e. The van der Waals surface area contributed by atoms with Crippen molar-refractivity contribution in [3.8, 4) is 6.07 Å². The quantitative estimate of drug-likeness (QED) is 0.680. The second kappa shape index (κ2) is 5.85. The van der Waals surface area contributed by atoms with E-state index >= 15 is 0 Å². The fourth-order valence-electron chi connectivity index (χ4n) is 1.80. The molecule has 0 heterocycles. The second-order valence-electron chi connectivity index (χ2n) is 4.44. The number of nitriles is 1. The van der Waals surface area contributed by atoms with Crippen LogP contribution in [0.4, 0.5) is 11.4 Å². The summed E-state index contributed by atoms with van der Waals surface area (Å²) in [6, 6.07) is 14.3. The highest BCUT2D eigenvalue weighted by atomic mass is 16.6. The third-order valence-electron chi connectivity index (χ3n) is 2.93. The van der Waals surface area contributed by atoms with Gasteiger partial charge in [-0.3, -0.25) is 10.1 Å². The van der Waals surface area contributed by atoms with E-state index in [-0.39, 0.29) is 11.3 Å². The fraction of sp³-hybridized carbons (Fsp3) is 0.133. The van der Waals surface area contributed by atoms with Crippen LogP contribution >= 0.6 is 0 Å². The molecule has 0 aromatic heterocycles. The van der Waals surface area contributed by atoms with Crippen molar-refractivity contribution in [1.82, 2.24) is 0 Å². The van der Waals surface area contributed by atoms with E-state index in [2.05, 4.69) is 5.32 Å². The van der Waals surface area contributed by atoms with Gasteiger partial charge in [-0.1, -0.05) is 29.8 Å². The number of nitro benzene ring substituents is 1. The van der Waals surface area contributed by atoms with E-state index in [0.29, 0.717) is 12.2 Å². The van der Waals surface area contributed by atoms with Gasteiger partial charge in [-0.05, 0) is 24.6 Å². The highest BCUT2D eigenvalue weighted by Gasteiger charge is 2.13. The lowest BCUT2D eigenvalue weighted by Crippen LogP contribution is -2.00. The van der Waals surface area contributed by atoms with Gasteiger partial charge in [-0.25, -0.2) is 0 Å². The first kappa shape index (κ1) is 13.6. The molecule has 0 spiro atoms. The molecule has 0 aliphatic heterocycles. The second-order valence-corrected chi connectivity index (χ2v) is 4.44. The van der Waals surface area contributed by atoms with Gasteiger partial charge < -0.3 is 5.32 Å². The maximum atomic E-state index is 10.7. The minimum atomic E-state index is -0.553. The van der Waals surface area contributed by atoms with Gasteiger partial charge in [-0.2, -0.15) is 5.26 Å². The van der Waals surface area contributed by atoms with Gasteiger partial charge in [0.15, 0.2) is 0 Å². The van der Waals surface area contributed by atoms with Crippen LogP contribution in [0.2, 0.25) is 0 Å². The van der Waals surface area contributed by atoms with Crippen molar-refractivity contribution >= 4 is 11.4 Å². The lowest BCUT2D eigenvalue weighted by Gasteiger charge is -2.07. The predicted octanol–water partition coefficient (Wildman–Crippen LogP) is 3.39. The van der Waals surface area contributed by atoms with Gasteiger partial charge in [0.25, 0.3) is 5.69 Å². The summed E-state index contributed by atoms with van der Waals surface area (Å²) >= 11 is 0. The average molecular weight is 267 g/mol. The number of nitrogens with one attached hydrogen (secondary N) is 1. The first-order chi connectivity index (χ1) is 9.60. The molecular weight excluding hydrogens is 254 g/mol. The summed E-state index contributed by atoms with van der Waals surface area (Å²) in [7, 11) is 0. The van der Waals surface area contributed by atoms with Crippen molar-refractivity contribution in [2.75, 3.05) is 5.32 Å². The Morgan fingerprint density at radius 2 is 1.95 bits per heavy atom. The van der Waals surface area contributed by atoms with Crippen LogP contribution in [0, 0.1) is 28.4 Å². The minimum Gasteiger partial charge on any atom is -0.381 e. The Balaban J connectivity index is 2.12. The first-order valence-electron chi connectivity index (χ1n) is 6.08. The molecule has 0 bridgehead atoms. The van der Waals surface area contributed by atoms with Crippen LogP contribution in [0.3, 0.4) is 0 Å². The zero-order chi connectivity index (χ0) is 14.5. The van der Waals surface area contributed by atoms with Crippen molar-refractivity contribution < 1.29 is 4.92 Å². The Hall–Kier alpha value is -2.87. The zero-order valence-corrected chi connectivity index (χ0v) is 11.0. The molecule has 2 aromatic rings. The summed E-state index contributed by atoms with van der Waals surface area (Å²) in [5.74, 6) is 0. The number of rotatable bonds is 4. The van der Waals surface area contributed by atoms with Crippen molar-refractivity contribution in [1.29, 1.82) is 5.26 Å². The third-order valence-corrected chi connectivity index (χ3v) is 2.93. The van der Waals surface area contributed by atoms with Crippen LogP contribution in [-0.2, 0) is 6.54 Å². The van der Waals surface area contributed by atoms with E-state index in [0.717, 1.165) is 5.56 Å². The number of hydrogen-bond donors (Lipinski definition) is 1. The van der Waals surface area contributed by atoms with E-state index in [9.17, 15) is 10.1 Å². The summed E-state index contributed by atoms with van der Waals surface area (Å²) in [4.78, 5) is 10.2. The lowest BCUT2D eigenvalue weighted by atomic mass is 10.1. The summed E-state index contributed by atoms with van der Waals surface area (Å²) in [5.41, 5.74) is 2.87. The van der Waals surface area contributed by atoms with Crippen LogP contribution in [-0.4, -0.2) is 4.92 Å². The standard InChI is InChI=1S/C15H13N3O2/c1-11-2-4-12(5-3-11)10-17-14-6-7-15(18(19)20)13(8-14)9-16/h2-8,17H,10H2,1H3. The summed E-state index contributed by atoms with van der Waals surface area (Å²) in [6.45, 7) is 2.62. The molecule has 0 radical (unpaired) electrons. The number of anilines is 1. The molecule has 2 aromatic carbocycles. The Bertz CT molecular complexity index is 673. The minimum absolute atomic E-state index is 0.0592. The van der Waals surface area contributed by atoms with Crippen LogP contribution < -0.4 is 5.32 Å². The SMILES string of the molecule is Cc1ccc(CNc2ccc([N+](=O)[O-])c(C#N)c2)cc1. The van der Waals surface area contributed by atoms with E-state index in [1.54, 1.807) is 6.07 Å². The van der Waals surface area contributed by atoms with Crippen molar-refractivity contribution in [3.05, 3.63) is 69.3 Å². The average Bonchev–Trinajstić information content (AvgIpc) is 2.46. The predicted molar refractivity (Wildman–Crippen MR) is 76.3 cm³/mol. The topological polar surface area (TPSA) is 79.0 Å². The number of benzene rings is 2. The Labute approximate surface area is 116 Å². The van der Waals surface area contributed by atoms with Gasteiger partial charge in [-0.15, -0.1) is 0 Å². The van der Waals surface area contributed by atoms with Crippen LogP contribution in [0.15, 0.2) is 42.5 Å². The van der Waals surface area contributed by atoms with Crippen molar-refractivity contribution in [2.45, 2.75) is 13.5 Å². The molecular formula is C15H13N3O2. The fourth-order valence-corrected chi connectivity index (χ4v) is 1.80. The normalized spacial score (nSPS) is 9.80. The number of nitro groups is 1. The van der Waals surface area contributed by atoms with Crippen LogP contribution in [0.1, 0.15) is 16.7 Å². The van der Waals surface area contributed by atoms with Gasteiger partial charge in [0, 0.05) is 18.3 Å². The summed E-state index contributed by atoms with van der Waals surface area (Å²) in [6.07, 6.45) is 0. The number of aryl methyl sites for hydroxylation is 1. The zero-order valence-electron chi connectivity index (χ0n) is 11.0. The molecule has 2 rings (SSSR count). The molecule has 0 saturated carbocycles. The molecule has 0 unspecified atom stereocenters. The molecule has 0 fully saturated rings. The van der Waals surface area contributed by atoms with E-state index in [4.69, 9.17) is 5.26 Å². The summed E-state index contributed by atoms with van der Waals surface area (Å²) < 4.78 is 0. The van der Waals surface area contributed by atoms with Crippen LogP contribution in [0.25, 0.3) is 0 Å². The van der Waals surface area contributed by atoms with E-state index in [1.165, 1.54) is 17.7 Å². The number of nitrogens with zero attached hydrogens (tertiary/aromatic N) is 2. The highest BCUT2D eigenvalue weighted by molar-refractivity contribution is 5.58. The largest absolute Gasteiger partial charge is 0.381 e. The summed E-state index contributed by atoms with van der Waals surface area (Å²) in [5, 5.41) is 22.8. The molecule has 5 heteroatoms. The Kier molecular flexibility index (Phi) is 3.96. The van der Waals surface area contributed by atoms with E-state index < -0.39 is 4.92 Å². The maximum Gasteiger partial charge on any atom is 0.287 e. The molecule has 0 aliphatic carbocycles. The van der Waals surface area contributed by atoms with E-state index in [1.807, 2.05) is 37.3 Å². The van der Waals surface area contributed by atoms with Crippen molar-refractivity contribution in [2.24, 2.45) is 0 Å². The van der Waals surface area contributed by atoms with Gasteiger partial charge in [0.05, 0.1) is 4.92 Å². The molecule has 100 valence electrons. The first-order valence-corrected chi connectivity index (χ1v) is 6.08. The van der Waals surface area contributed by atoms with Crippen LogP contribution in [0.5, 0.6) is 0 Å². The third kappa shape index (κ3) is 3.12. The molecule has 20 heavy (non-hydrogen) atoms. The highest BCUT2D eigenvalue weighted by Crippen LogP contribution is 2.22. The molecule has 0 aliphatic rings. The maximum absolute atomic E-state index is 10.7. The molecule has 0 atom stereocenters. The van der Waals surface area contributed by atoms with Crippen molar-refractivity contribution in [3.63, 3.8) is 0 Å². The van der Waals surface area contributed by atoms with Gasteiger partial charge in [0.2, 0.25) is 0 Å². The Morgan fingerprint density at radius 3 is 2.55 bits per heavy atom. The Morgan fingerprint density at radius 1 is 1.25 bits per heavy atom. The lowest BCUT2D eigenvalue weighted by molar-refractivity contribution is -0.385. The number of hydrogen-bond acceptors (Lipinski definition) is 4.